The molecule has 2 atom stereocenters. The highest BCUT2D eigenvalue weighted by Crippen LogP contribution is 2.36. The zero-order valence-corrected chi connectivity index (χ0v) is 18.2. The largest absolute Gasteiger partial charge is 0.436 e. The van der Waals surface area contributed by atoms with Crippen molar-refractivity contribution in [1.29, 1.82) is 0 Å². The normalized spacial score (nSPS) is 19.6. The van der Waals surface area contributed by atoms with Gasteiger partial charge in [0.15, 0.2) is 5.58 Å². The third-order valence-electron chi connectivity index (χ3n) is 6.37. The Bertz CT molecular complexity index is 1160. The summed E-state index contributed by atoms with van der Waals surface area (Å²) < 4.78 is 5.80. The van der Waals surface area contributed by atoms with Crippen LogP contribution in [0.4, 0.5) is 5.69 Å². The molecule has 7 heteroatoms. The number of fused-ring (bicyclic) bond motifs is 1. The summed E-state index contributed by atoms with van der Waals surface area (Å²) in [5.74, 6) is -0.145. The second-order valence-electron chi connectivity index (χ2n) is 8.60. The zero-order chi connectivity index (χ0) is 22.4. The second-order valence-corrected chi connectivity index (χ2v) is 8.60. The molecular weight excluding hydrogens is 406 g/mol. The summed E-state index contributed by atoms with van der Waals surface area (Å²) in [7, 11) is 0. The van der Waals surface area contributed by atoms with Crippen LogP contribution in [0.3, 0.4) is 0 Å². The predicted molar refractivity (Wildman–Crippen MR) is 120 cm³/mol. The van der Waals surface area contributed by atoms with Gasteiger partial charge in [-0.1, -0.05) is 19.1 Å². The van der Waals surface area contributed by atoms with Crippen LogP contribution in [0.2, 0.25) is 0 Å². The molecule has 5 rings (SSSR count). The number of aromatic nitrogens is 1. The van der Waals surface area contributed by atoms with E-state index in [1.165, 1.54) is 4.90 Å². The first-order valence-corrected chi connectivity index (χ1v) is 11.1. The van der Waals surface area contributed by atoms with Gasteiger partial charge in [-0.15, -0.1) is 0 Å². The predicted octanol–water partition coefficient (Wildman–Crippen LogP) is 4.16. The maximum Gasteiger partial charge on any atom is 0.257 e. The quantitative estimate of drug-likeness (QED) is 0.547. The van der Waals surface area contributed by atoms with Gasteiger partial charge in [0.2, 0.25) is 17.7 Å². The van der Waals surface area contributed by atoms with Gasteiger partial charge in [0.05, 0.1) is 12.1 Å². The molecule has 32 heavy (non-hydrogen) atoms. The van der Waals surface area contributed by atoms with Crippen LogP contribution in [0.15, 0.2) is 52.9 Å². The lowest BCUT2D eigenvalue weighted by Crippen LogP contribution is -2.50. The van der Waals surface area contributed by atoms with Crippen molar-refractivity contribution in [2.75, 3.05) is 4.90 Å². The van der Waals surface area contributed by atoms with Gasteiger partial charge < -0.3 is 9.32 Å². The van der Waals surface area contributed by atoms with Crippen LogP contribution < -0.4 is 4.90 Å². The lowest BCUT2D eigenvalue weighted by atomic mass is 10.1. The van der Waals surface area contributed by atoms with Crippen molar-refractivity contribution in [2.45, 2.75) is 51.6 Å². The summed E-state index contributed by atoms with van der Waals surface area (Å²) in [6.45, 7) is 3.93. The van der Waals surface area contributed by atoms with E-state index < -0.39 is 6.04 Å². The maximum atomic E-state index is 13.3. The highest BCUT2D eigenvalue weighted by atomic mass is 16.3. The van der Waals surface area contributed by atoms with Crippen molar-refractivity contribution in [1.82, 2.24) is 9.88 Å². The molecule has 3 amide bonds. The number of hydrogen-bond donors (Lipinski definition) is 0. The van der Waals surface area contributed by atoms with Crippen LogP contribution in [0.1, 0.15) is 39.5 Å². The van der Waals surface area contributed by atoms with Gasteiger partial charge in [-0.25, -0.2) is 9.88 Å². The number of imide groups is 1. The fraction of sp³-hybridized carbons (Fsp3) is 0.360. The number of carbonyl (C=O) groups excluding carboxylic acids is 3. The Hall–Kier alpha value is -3.48. The Morgan fingerprint density at radius 3 is 2.53 bits per heavy atom. The number of benzene rings is 2. The second kappa shape index (κ2) is 7.89. The number of hydrogen-bond acceptors (Lipinski definition) is 5. The molecule has 164 valence electrons. The molecule has 2 aliphatic rings. The van der Waals surface area contributed by atoms with Gasteiger partial charge >= 0.3 is 0 Å². The van der Waals surface area contributed by atoms with E-state index >= 15 is 0 Å². The molecule has 1 aromatic heterocycles. The summed E-state index contributed by atoms with van der Waals surface area (Å²) >= 11 is 0. The molecular formula is C25H25N3O4. The highest BCUT2D eigenvalue weighted by molar-refractivity contribution is 6.23. The van der Waals surface area contributed by atoms with Gasteiger partial charge in [-0.05, 0) is 62.6 Å². The fourth-order valence-corrected chi connectivity index (χ4v) is 4.27. The zero-order valence-electron chi connectivity index (χ0n) is 18.2. The SMILES string of the molecule is CCC(C)N(C(=O)C1CC1)C1CC(=O)N(c2ccc(-c3nc4ccccc4o3)cc2)C1=O. The third kappa shape index (κ3) is 3.47. The van der Waals surface area contributed by atoms with E-state index in [0.29, 0.717) is 17.2 Å². The number of amides is 3. The summed E-state index contributed by atoms with van der Waals surface area (Å²) in [6, 6.07) is 13.7. The van der Waals surface area contributed by atoms with Crippen LogP contribution >= 0.6 is 0 Å². The number of oxazole rings is 1. The van der Waals surface area contributed by atoms with Crippen molar-refractivity contribution in [2.24, 2.45) is 5.92 Å². The Morgan fingerprint density at radius 1 is 1.16 bits per heavy atom. The smallest absolute Gasteiger partial charge is 0.257 e. The number of nitrogens with zero attached hydrogens (tertiary/aromatic N) is 3. The first-order valence-electron chi connectivity index (χ1n) is 11.1. The minimum atomic E-state index is -0.734. The topological polar surface area (TPSA) is 83.7 Å². The lowest BCUT2D eigenvalue weighted by molar-refractivity contribution is -0.141. The lowest BCUT2D eigenvalue weighted by Gasteiger charge is -2.33. The van der Waals surface area contributed by atoms with Gasteiger partial charge in [0.25, 0.3) is 5.91 Å². The molecule has 0 bridgehead atoms. The number of rotatable bonds is 6. The number of para-hydroxylation sites is 2. The summed E-state index contributed by atoms with van der Waals surface area (Å²) in [4.78, 5) is 46.3. The average molecular weight is 431 g/mol. The molecule has 1 saturated heterocycles. The molecule has 2 unspecified atom stereocenters. The maximum absolute atomic E-state index is 13.3. The number of carbonyl (C=O) groups is 3. The van der Waals surface area contributed by atoms with Crippen molar-refractivity contribution in [3.8, 4) is 11.5 Å². The molecule has 1 aliphatic heterocycles. The van der Waals surface area contributed by atoms with Crippen LogP contribution in [-0.4, -0.2) is 39.7 Å². The van der Waals surface area contributed by atoms with Crippen molar-refractivity contribution in [3.63, 3.8) is 0 Å². The van der Waals surface area contributed by atoms with Crippen molar-refractivity contribution < 1.29 is 18.8 Å². The molecule has 1 aliphatic carbocycles. The van der Waals surface area contributed by atoms with E-state index in [9.17, 15) is 14.4 Å². The molecule has 0 radical (unpaired) electrons. The van der Waals surface area contributed by atoms with Crippen LogP contribution in [-0.2, 0) is 14.4 Å². The van der Waals surface area contributed by atoms with Gasteiger partial charge in [-0.2, -0.15) is 0 Å². The molecule has 1 saturated carbocycles. The average Bonchev–Trinajstić information content (AvgIpc) is 3.50. The van der Waals surface area contributed by atoms with Crippen LogP contribution in [0.5, 0.6) is 0 Å². The van der Waals surface area contributed by atoms with Gasteiger partial charge in [0, 0.05) is 17.5 Å². The van der Waals surface area contributed by atoms with E-state index in [1.807, 2.05) is 38.1 Å². The van der Waals surface area contributed by atoms with E-state index in [1.54, 1.807) is 29.2 Å². The summed E-state index contributed by atoms with van der Waals surface area (Å²) in [5.41, 5.74) is 2.71. The molecule has 3 aromatic rings. The monoisotopic (exact) mass is 431 g/mol. The van der Waals surface area contributed by atoms with Crippen molar-refractivity contribution in [3.05, 3.63) is 48.5 Å². The molecule has 0 spiro atoms. The van der Waals surface area contributed by atoms with E-state index in [4.69, 9.17) is 4.42 Å². The van der Waals surface area contributed by atoms with E-state index in [-0.39, 0.29) is 36.1 Å². The minimum absolute atomic E-state index is 0.00124. The summed E-state index contributed by atoms with van der Waals surface area (Å²) in [6.07, 6.45) is 2.48. The minimum Gasteiger partial charge on any atom is -0.436 e. The Labute approximate surface area is 186 Å². The fourth-order valence-electron chi connectivity index (χ4n) is 4.27. The van der Waals surface area contributed by atoms with Gasteiger partial charge in [-0.3, -0.25) is 14.4 Å². The molecule has 7 nitrogen and oxygen atoms in total. The molecule has 2 aromatic carbocycles. The van der Waals surface area contributed by atoms with Gasteiger partial charge in [0.1, 0.15) is 11.6 Å². The van der Waals surface area contributed by atoms with Crippen molar-refractivity contribution >= 4 is 34.5 Å². The Morgan fingerprint density at radius 2 is 1.88 bits per heavy atom. The molecule has 0 N–H and O–H groups in total. The van der Waals surface area contributed by atoms with E-state index in [2.05, 4.69) is 4.98 Å². The molecule has 2 heterocycles. The first-order chi connectivity index (χ1) is 15.5. The van der Waals surface area contributed by atoms with Crippen LogP contribution in [0, 0.1) is 5.92 Å². The Balaban J connectivity index is 1.40. The highest BCUT2D eigenvalue weighted by Gasteiger charge is 2.48. The number of anilines is 1. The van der Waals surface area contributed by atoms with Crippen LogP contribution in [0.25, 0.3) is 22.6 Å². The Kier molecular flexibility index (Phi) is 5.04. The standard InChI is InChI=1S/C25H25N3O4/c1-3-15(2)27(24(30)17-8-9-17)20-14-22(29)28(25(20)31)18-12-10-16(11-13-18)23-26-19-6-4-5-7-21(19)32-23/h4-7,10-13,15,17,20H,3,8-9,14H2,1-2H3. The van der Waals surface area contributed by atoms with E-state index in [0.717, 1.165) is 30.3 Å². The summed E-state index contributed by atoms with van der Waals surface area (Å²) in [5, 5.41) is 0. The third-order valence-corrected chi connectivity index (χ3v) is 6.37. The molecule has 2 fully saturated rings. The first kappa shape index (κ1) is 20.4.